The Labute approximate surface area is 142 Å². The Hall–Kier alpha value is -2.33. The van der Waals surface area contributed by atoms with Crippen molar-refractivity contribution >= 4 is 5.91 Å². The molecule has 0 fully saturated rings. The lowest BCUT2D eigenvalue weighted by Gasteiger charge is -2.22. The van der Waals surface area contributed by atoms with E-state index in [1.807, 2.05) is 18.2 Å². The zero-order chi connectivity index (χ0) is 17.1. The summed E-state index contributed by atoms with van der Waals surface area (Å²) >= 11 is 0. The largest absolute Gasteiger partial charge is 0.481 e. The van der Waals surface area contributed by atoms with Crippen molar-refractivity contribution in [3.63, 3.8) is 0 Å². The number of hydrogen-bond donors (Lipinski definition) is 2. The van der Waals surface area contributed by atoms with E-state index in [1.165, 1.54) is 11.1 Å². The normalized spacial score (nSPS) is 20.3. The third-order valence-electron chi connectivity index (χ3n) is 4.56. The molecule has 1 amide bonds. The van der Waals surface area contributed by atoms with Crippen molar-refractivity contribution in [1.82, 2.24) is 5.32 Å². The molecule has 3 atom stereocenters. The van der Waals surface area contributed by atoms with Gasteiger partial charge in [0.2, 0.25) is 0 Å². The van der Waals surface area contributed by atoms with Crippen molar-refractivity contribution < 1.29 is 14.6 Å². The number of rotatable bonds is 5. The summed E-state index contributed by atoms with van der Waals surface area (Å²) < 4.78 is 5.73. The van der Waals surface area contributed by atoms with E-state index >= 15 is 0 Å². The first-order chi connectivity index (χ1) is 11.6. The minimum atomic E-state index is -0.598. The number of carbonyl (C=O) groups excluding carboxylic acids is 1. The van der Waals surface area contributed by atoms with Gasteiger partial charge in [-0.3, -0.25) is 4.79 Å². The molecule has 0 saturated heterocycles. The van der Waals surface area contributed by atoms with Crippen LogP contribution in [0.3, 0.4) is 0 Å². The molecule has 3 rings (SSSR count). The molecule has 24 heavy (non-hydrogen) atoms. The standard InChI is InChI=1S/C20H23NO3/c1-13-10-16-7-3-4-9-18(16)19(13)21-20(23)14(2)24-17-8-5-6-15(11-17)12-22/h3-9,11,13-14,19,22H,10,12H2,1-2H3,(H,21,23). The highest BCUT2D eigenvalue weighted by molar-refractivity contribution is 5.81. The second kappa shape index (κ2) is 7.05. The van der Waals surface area contributed by atoms with E-state index in [4.69, 9.17) is 4.74 Å². The van der Waals surface area contributed by atoms with Crippen molar-refractivity contribution in [1.29, 1.82) is 0 Å². The number of nitrogens with one attached hydrogen (secondary N) is 1. The van der Waals surface area contributed by atoms with Gasteiger partial charge >= 0.3 is 0 Å². The maximum atomic E-state index is 12.5. The van der Waals surface area contributed by atoms with Crippen LogP contribution in [0.2, 0.25) is 0 Å². The number of amides is 1. The van der Waals surface area contributed by atoms with Crippen molar-refractivity contribution in [3.05, 3.63) is 65.2 Å². The van der Waals surface area contributed by atoms with Gasteiger partial charge in [0.05, 0.1) is 12.6 Å². The van der Waals surface area contributed by atoms with Crippen molar-refractivity contribution in [3.8, 4) is 5.75 Å². The molecule has 0 aromatic heterocycles. The second-order valence-electron chi connectivity index (χ2n) is 6.43. The van der Waals surface area contributed by atoms with Gasteiger partial charge in [0, 0.05) is 0 Å². The van der Waals surface area contributed by atoms with Crippen LogP contribution in [-0.4, -0.2) is 17.1 Å². The van der Waals surface area contributed by atoms with Crippen LogP contribution in [-0.2, 0) is 17.8 Å². The van der Waals surface area contributed by atoms with Crippen molar-refractivity contribution in [2.75, 3.05) is 0 Å². The number of carbonyl (C=O) groups is 1. The van der Waals surface area contributed by atoms with Crippen molar-refractivity contribution in [2.24, 2.45) is 5.92 Å². The minimum absolute atomic E-state index is 0.0310. The Bertz CT molecular complexity index is 728. The summed E-state index contributed by atoms with van der Waals surface area (Å²) in [7, 11) is 0. The second-order valence-corrected chi connectivity index (χ2v) is 6.43. The third-order valence-corrected chi connectivity index (χ3v) is 4.56. The smallest absolute Gasteiger partial charge is 0.261 e. The van der Waals surface area contributed by atoms with E-state index in [1.54, 1.807) is 25.1 Å². The predicted octanol–water partition coefficient (Wildman–Crippen LogP) is 3.00. The zero-order valence-electron chi connectivity index (χ0n) is 14.0. The van der Waals surface area contributed by atoms with Crippen LogP contribution < -0.4 is 10.1 Å². The van der Waals surface area contributed by atoms with Crippen LogP contribution in [0.1, 0.15) is 36.6 Å². The summed E-state index contributed by atoms with van der Waals surface area (Å²) in [5.74, 6) is 0.832. The molecule has 1 aliphatic carbocycles. The van der Waals surface area contributed by atoms with Crippen molar-refractivity contribution in [2.45, 2.75) is 39.0 Å². The van der Waals surface area contributed by atoms with Gasteiger partial charge in [-0.1, -0.05) is 43.3 Å². The van der Waals surface area contributed by atoms with E-state index in [-0.39, 0.29) is 18.6 Å². The predicted molar refractivity (Wildman–Crippen MR) is 92.6 cm³/mol. The average molecular weight is 325 g/mol. The van der Waals surface area contributed by atoms with Gasteiger partial charge in [-0.05, 0) is 48.1 Å². The molecule has 4 nitrogen and oxygen atoms in total. The summed E-state index contributed by atoms with van der Waals surface area (Å²) in [5.41, 5.74) is 3.27. The van der Waals surface area contributed by atoms with Crippen LogP contribution in [0.25, 0.3) is 0 Å². The molecule has 2 N–H and O–H groups in total. The molecular formula is C20H23NO3. The fourth-order valence-corrected chi connectivity index (χ4v) is 3.26. The summed E-state index contributed by atoms with van der Waals surface area (Å²) in [6.07, 6.45) is 0.383. The maximum absolute atomic E-state index is 12.5. The highest BCUT2D eigenvalue weighted by Crippen LogP contribution is 2.35. The van der Waals surface area contributed by atoms with Crippen LogP contribution in [0.5, 0.6) is 5.75 Å². The third kappa shape index (κ3) is 3.44. The Morgan fingerprint density at radius 1 is 1.29 bits per heavy atom. The number of aliphatic hydroxyl groups excluding tert-OH is 1. The molecule has 126 valence electrons. The first-order valence-electron chi connectivity index (χ1n) is 8.33. The molecule has 3 unspecified atom stereocenters. The lowest BCUT2D eigenvalue weighted by Crippen LogP contribution is -2.39. The lowest BCUT2D eigenvalue weighted by atomic mass is 10.0. The molecule has 0 spiro atoms. The Balaban J connectivity index is 1.66. The van der Waals surface area contributed by atoms with Crippen LogP contribution in [0.15, 0.2) is 48.5 Å². The molecule has 2 aromatic carbocycles. The Morgan fingerprint density at radius 3 is 2.88 bits per heavy atom. The average Bonchev–Trinajstić information content (AvgIpc) is 2.90. The van der Waals surface area contributed by atoms with E-state index in [0.717, 1.165) is 12.0 Å². The quantitative estimate of drug-likeness (QED) is 0.888. The monoisotopic (exact) mass is 325 g/mol. The van der Waals surface area contributed by atoms with E-state index in [2.05, 4.69) is 24.4 Å². The van der Waals surface area contributed by atoms with Gasteiger partial charge < -0.3 is 15.2 Å². The van der Waals surface area contributed by atoms with Gasteiger partial charge in [0.25, 0.3) is 5.91 Å². The summed E-state index contributed by atoms with van der Waals surface area (Å²) in [6.45, 7) is 3.85. The zero-order valence-corrected chi connectivity index (χ0v) is 14.0. The first kappa shape index (κ1) is 16.5. The molecule has 1 aliphatic rings. The summed E-state index contributed by atoms with van der Waals surface area (Å²) in [5, 5.41) is 12.3. The number of ether oxygens (including phenoxy) is 1. The Morgan fingerprint density at radius 2 is 2.08 bits per heavy atom. The van der Waals surface area contributed by atoms with Gasteiger partial charge in [-0.25, -0.2) is 0 Å². The maximum Gasteiger partial charge on any atom is 0.261 e. The molecule has 0 saturated carbocycles. The highest BCUT2D eigenvalue weighted by atomic mass is 16.5. The molecule has 0 bridgehead atoms. The molecule has 0 aliphatic heterocycles. The van der Waals surface area contributed by atoms with E-state index in [0.29, 0.717) is 11.7 Å². The number of hydrogen-bond acceptors (Lipinski definition) is 3. The number of fused-ring (bicyclic) bond motifs is 1. The summed E-state index contributed by atoms with van der Waals surface area (Å²) in [6, 6.07) is 15.4. The van der Waals surface area contributed by atoms with Crippen LogP contribution in [0, 0.1) is 5.92 Å². The van der Waals surface area contributed by atoms with E-state index < -0.39 is 6.10 Å². The molecule has 2 aromatic rings. The highest BCUT2D eigenvalue weighted by Gasteiger charge is 2.31. The fourth-order valence-electron chi connectivity index (χ4n) is 3.26. The lowest BCUT2D eigenvalue weighted by molar-refractivity contribution is -0.128. The minimum Gasteiger partial charge on any atom is -0.481 e. The molecule has 4 heteroatoms. The van der Waals surface area contributed by atoms with Gasteiger partial charge in [0.1, 0.15) is 5.75 Å². The molecule has 0 radical (unpaired) electrons. The Kier molecular flexibility index (Phi) is 4.86. The molecule has 0 heterocycles. The van der Waals surface area contributed by atoms with E-state index in [9.17, 15) is 9.90 Å². The number of benzene rings is 2. The van der Waals surface area contributed by atoms with Crippen LogP contribution in [0.4, 0.5) is 0 Å². The summed E-state index contributed by atoms with van der Waals surface area (Å²) in [4.78, 5) is 12.5. The van der Waals surface area contributed by atoms with Gasteiger partial charge in [-0.15, -0.1) is 0 Å². The fraction of sp³-hybridized carbons (Fsp3) is 0.350. The van der Waals surface area contributed by atoms with Crippen LogP contribution >= 0.6 is 0 Å². The molecular weight excluding hydrogens is 302 g/mol. The first-order valence-corrected chi connectivity index (χ1v) is 8.33. The number of aliphatic hydroxyl groups is 1. The van der Waals surface area contributed by atoms with Gasteiger partial charge in [0.15, 0.2) is 6.10 Å². The van der Waals surface area contributed by atoms with Gasteiger partial charge in [-0.2, -0.15) is 0 Å². The SMILES string of the molecule is CC(Oc1cccc(CO)c1)C(=O)NC1c2ccccc2CC1C. The topological polar surface area (TPSA) is 58.6 Å².